The van der Waals surface area contributed by atoms with Crippen molar-refractivity contribution >= 4 is 29.0 Å². The summed E-state index contributed by atoms with van der Waals surface area (Å²) in [6, 6.07) is 10.2. The first-order valence-corrected chi connectivity index (χ1v) is 7.13. The van der Waals surface area contributed by atoms with E-state index < -0.39 is 6.03 Å². The Hall–Kier alpha value is -2.40. The lowest BCUT2D eigenvalue weighted by molar-refractivity contribution is 0.234. The number of hydrogen-bond donors (Lipinski definition) is 3. The quantitative estimate of drug-likeness (QED) is 0.594. The summed E-state index contributed by atoms with van der Waals surface area (Å²) in [4.78, 5) is 11.8. The van der Waals surface area contributed by atoms with Gasteiger partial charge in [-0.3, -0.25) is 0 Å². The Morgan fingerprint density at radius 3 is 2.64 bits per heavy atom. The van der Waals surface area contributed by atoms with Crippen LogP contribution in [0.25, 0.3) is 0 Å². The molecule has 0 spiro atoms. The van der Waals surface area contributed by atoms with Crippen molar-refractivity contribution in [1.29, 1.82) is 0 Å². The molecular weight excluding hydrogens is 302 g/mol. The number of amides is 2. The highest BCUT2D eigenvalue weighted by molar-refractivity contribution is 6.34. The molecule has 0 aliphatic heterocycles. The van der Waals surface area contributed by atoms with Gasteiger partial charge >= 0.3 is 6.03 Å². The Kier molecular flexibility index (Phi) is 5.12. The first-order chi connectivity index (χ1) is 10.5. The molecule has 2 aromatic carbocycles. The molecule has 0 radical (unpaired) electrons. The van der Waals surface area contributed by atoms with E-state index in [-0.39, 0.29) is 6.73 Å². The van der Waals surface area contributed by atoms with E-state index >= 15 is 0 Å². The summed E-state index contributed by atoms with van der Waals surface area (Å²) in [7, 11) is 0. The van der Waals surface area contributed by atoms with Gasteiger partial charge in [-0.2, -0.15) is 0 Å². The summed E-state index contributed by atoms with van der Waals surface area (Å²) in [5.74, 6) is 0.703. The SMILES string of the molecule is Cc1ccc(OCNC(=O)Nc2ccc(N)cc2Cl)cc1C. The van der Waals surface area contributed by atoms with E-state index in [0.717, 1.165) is 5.56 Å². The highest BCUT2D eigenvalue weighted by Gasteiger charge is 2.05. The number of nitrogen functional groups attached to an aromatic ring is 1. The van der Waals surface area contributed by atoms with Gasteiger partial charge in [-0.05, 0) is 55.3 Å². The number of nitrogens with one attached hydrogen (secondary N) is 2. The van der Waals surface area contributed by atoms with Gasteiger partial charge in [0.25, 0.3) is 0 Å². The average molecular weight is 320 g/mol. The topological polar surface area (TPSA) is 76.4 Å². The fourth-order valence-corrected chi connectivity index (χ4v) is 2.02. The number of carbonyl (C=O) groups is 1. The van der Waals surface area contributed by atoms with Crippen LogP contribution < -0.4 is 21.1 Å². The Morgan fingerprint density at radius 2 is 1.95 bits per heavy atom. The van der Waals surface area contributed by atoms with Crippen molar-refractivity contribution in [2.45, 2.75) is 13.8 Å². The van der Waals surface area contributed by atoms with Crippen LogP contribution in [-0.4, -0.2) is 12.8 Å². The van der Waals surface area contributed by atoms with Crippen molar-refractivity contribution in [2.75, 3.05) is 17.8 Å². The molecule has 6 heteroatoms. The number of nitrogens with two attached hydrogens (primary N) is 1. The first-order valence-electron chi connectivity index (χ1n) is 6.75. The molecular formula is C16H18ClN3O2. The molecule has 0 heterocycles. The summed E-state index contributed by atoms with van der Waals surface area (Å²) in [5.41, 5.74) is 8.94. The molecule has 4 N–H and O–H groups in total. The van der Waals surface area contributed by atoms with Crippen LogP contribution in [0.2, 0.25) is 5.02 Å². The molecule has 2 amide bonds. The number of ether oxygens (including phenoxy) is 1. The van der Waals surface area contributed by atoms with Crippen molar-refractivity contribution in [2.24, 2.45) is 0 Å². The van der Waals surface area contributed by atoms with Crippen LogP contribution in [0.5, 0.6) is 5.75 Å². The van der Waals surface area contributed by atoms with Crippen LogP contribution in [-0.2, 0) is 0 Å². The first kappa shape index (κ1) is 16.0. The number of hydrogen-bond acceptors (Lipinski definition) is 3. The molecule has 0 fully saturated rings. The van der Waals surface area contributed by atoms with E-state index in [1.54, 1.807) is 18.2 Å². The molecule has 2 aromatic rings. The summed E-state index contributed by atoms with van der Waals surface area (Å²) >= 11 is 5.98. The number of halogens is 1. The summed E-state index contributed by atoms with van der Waals surface area (Å²) < 4.78 is 5.47. The third kappa shape index (κ3) is 4.30. The number of rotatable bonds is 4. The van der Waals surface area contributed by atoms with E-state index in [4.69, 9.17) is 22.1 Å². The standard InChI is InChI=1S/C16H18ClN3O2/c1-10-3-5-13(7-11(10)2)22-9-19-16(21)20-15-6-4-12(18)8-14(15)17/h3-8H,9,18H2,1-2H3,(H2,19,20,21). The number of urea groups is 1. The van der Waals surface area contributed by atoms with Crippen molar-refractivity contribution in [3.8, 4) is 5.75 Å². The van der Waals surface area contributed by atoms with E-state index in [0.29, 0.717) is 22.1 Å². The summed E-state index contributed by atoms with van der Waals surface area (Å²) in [6.07, 6.45) is 0. The van der Waals surface area contributed by atoms with Crippen LogP contribution in [0.3, 0.4) is 0 Å². The van der Waals surface area contributed by atoms with Crippen molar-refractivity contribution < 1.29 is 9.53 Å². The number of aryl methyl sites for hydroxylation is 2. The van der Waals surface area contributed by atoms with Gasteiger partial charge in [0.15, 0.2) is 6.73 Å². The average Bonchev–Trinajstić information content (AvgIpc) is 2.46. The minimum atomic E-state index is -0.407. The molecule has 0 aliphatic rings. The van der Waals surface area contributed by atoms with Crippen LogP contribution >= 0.6 is 11.6 Å². The fraction of sp³-hybridized carbons (Fsp3) is 0.188. The number of carbonyl (C=O) groups excluding carboxylic acids is 1. The van der Waals surface area contributed by atoms with Gasteiger partial charge in [0, 0.05) is 5.69 Å². The van der Waals surface area contributed by atoms with E-state index in [1.165, 1.54) is 5.56 Å². The lowest BCUT2D eigenvalue weighted by Gasteiger charge is -2.11. The Labute approximate surface area is 134 Å². The third-order valence-electron chi connectivity index (χ3n) is 3.19. The molecule has 5 nitrogen and oxygen atoms in total. The van der Waals surface area contributed by atoms with Crippen LogP contribution in [0, 0.1) is 13.8 Å². The Balaban J connectivity index is 1.83. The number of benzene rings is 2. The number of anilines is 2. The predicted molar refractivity (Wildman–Crippen MR) is 89.4 cm³/mol. The van der Waals surface area contributed by atoms with Gasteiger partial charge in [-0.1, -0.05) is 17.7 Å². The van der Waals surface area contributed by atoms with Gasteiger partial charge in [0.05, 0.1) is 10.7 Å². The van der Waals surface area contributed by atoms with Crippen molar-refractivity contribution in [3.05, 3.63) is 52.5 Å². The fourth-order valence-electron chi connectivity index (χ4n) is 1.79. The molecule has 116 valence electrons. The predicted octanol–water partition coefficient (Wildman–Crippen LogP) is 3.70. The summed E-state index contributed by atoms with van der Waals surface area (Å²) in [5, 5.41) is 5.60. The molecule has 0 unspecified atom stereocenters. The van der Waals surface area contributed by atoms with Gasteiger partial charge in [-0.25, -0.2) is 4.79 Å². The highest BCUT2D eigenvalue weighted by Crippen LogP contribution is 2.23. The normalized spacial score (nSPS) is 10.1. The van der Waals surface area contributed by atoms with Crippen LogP contribution in [0.1, 0.15) is 11.1 Å². The molecule has 0 bridgehead atoms. The van der Waals surface area contributed by atoms with Crippen molar-refractivity contribution in [1.82, 2.24) is 5.32 Å². The van der Waals surface area contributed by atoms with Crippen LogP contribution in [0.15, 0.2) is 36.4 Å². The van der Waals surface area contributed by atoms with Gasteiger partial charge < -0.3 is 21.1 Å². The van der Waals surface area contributed by atoms with E-state index in [1.807, 2.05) is 32.0 Å². The molecule has 0 saturated heterocycles. The van der Waals surface area contributed by atoms with Crippen molar-refractivity contribution in [3.63, 3.8) is 0 Å². The molecule has 0 atom stereocenters. The van der Waals surface area contributed by atoms with Crippen LogP contribution in [0.4, 0.5) is 16.2 Å². The monoisotopic (exact) mass is 319 g/mol. The Bertz CT molecular complexity index is 689. The van der Waals surface area contributed by atoms with Gasteiger partial charge in [0.1, 0.15) is 5.75 Å². The zero-order chi connectivity index (χ0) is 16.1. The highest BCUT2D eigenvalue weighted by atomic mass is 35.5. The lowest BCUT2D eigenvalue weighted by Crippen LogP contribution is -2.32. The second-order valence-electron chi connectivity index (χ2n) is 4.90. The maximum absolute atomic E-state index is 11.8. The lowest BCUT2D eigenvalue weighted by atomic mass is 10.1. The minimum Gasteiger partial charge on any atom is -0.473 e. The molecule has 22 heavy (non-hydrogen) atoms. The van der Waals surface area contributed by atoms with Gasteiger partial charge in [0.2, 0.25) is 0 Å². The third-order valence-corrected chi connectivity index (χ3v) is 3.50. The van der Waals surface area contributed by atoms with Gasteiger partial charge in [-0.15, -0.1) is 0 Å². The zero-order valence-corrected chi connectivity index (χ0v) is 13.2. The molecule has 0 aliphatic carbocycles. The smallest absolute Gasteiger partial charge is 0.321 e. The van der Waals surface area contributed by atoms with E-state index in [9.17, 15) is 4.79 Å². The molecule has 0 saturated carbocycles. The molecule has 0 aromatic heterocycles. The van der Waals surface area contributed by atoms with E-state index in [2.05, 4.69) is 10.6 Å². The second kappa shape index (κ2) is 7.04. The maximum atomic E-state index is 11.8. The zero-order valence-electron chi connectivity index (χ0n) is 12.4. The minimum absolute atomic E-state index is 0.0565. The largest absolute Gasteiger partial charge is 0.473 e. The Morgan fingerprint density at radius 1 is 1.18 bits per heavy atom. The second-order valence-corrected chi connectivity index (χ2v) is 5.31. The molecule has 2 rings (SSSR count). The maximum Gasteiger partial charge on any atom is 0.321 e. The summed E-state index contributed by atoms with van der Waals surface area (Å²) in [6.45, 7) is 4.09.